The summed E-state index contributed by atoms with van der Waals surface area (Å²) in [7, 11) is 0. The van der Waals surface area contributed by atoms with Crippen molar-refractivity contribution >= 4 is 35.1 Å². The molecule has 2 aromatic rings. The Balaban J connectivity index is 0.00000225. The molecule has 1 atom stereocenters. The van der Waals surface area contributed by atoms with Crippen molar-refractivity contribution < 1.29 is 9.59 Å². The Bertz CT molecular complexity index is 733. The van der Waals surface area contributed by atoms with Crippen LogP contribution in [0.4, 0.5) is 0 Å². The molecular formula is C17H24ClN5O2. The average Bonchev–Trinajstić information content (AvgIpc) is 3.04. The number of halogens is 1. The highest BCUT2D eigenvalue weighted by molar-refractivity contribution is 6.04. The molecule has 2 heterocycles. The Hall–Kier alpha value is -2.12. The zero-order chi connectivity index (χ0) is 16.9. The van der Waals surface area contributed by atoms with E-state index in [1.54, 1.807) is 0 Å². The quantitative estimate of drug-likeness (QED) is 0.745. The van der Waals surface area contributed by atoms with Crippen LogP contribution < -0.4 is 11.1 Å². The van der Waals surface area contributed by atoms with Crippen LogP contribution in [0.25, 0.3) is 10.9 Å². The zero-order valence-electron chi connectivity index (χ0n) is 14.0. The highest BCUT2D eigenvalue weighted by Gasteiger charge is 2.29. The number of H-pyrrole nitrogens is 1. The maximum absolute atomic E-state index is 13.0. The fraction of sp³-hybridized carbons (Fsp3) is 0.471. The minimum atomic E-state index is -0.0785. The van der Waals surface area contributed by atoms with Crippen molar-refractivity contribution in [3.63, 3.8) is 0 Å². The average molecular weight is 366 g/mol. The largest absolute Gasteiger partial charge is 0.354 e. The van der Waals surface area contributed by atoms with Crippen molar-refractivity contribution in [1.29, 1.82) is 0 Å². The predicted octanol–water partition coefficient (Wildman–Crippen LogP) is 1.44. The van der Waals surface area contributed by atoms with E-state index < -0.39 is 0 Å². The van der Waals surface area contributed by atoms with E-state index in [-0.39, 0.29) is 30.3 Å². The predicted molar refractivity (Wildman–Crippen MR) is 98.7 cm³/mol. The van der Waals surface area contributed by atoms with Gasteiger partial charge in [0.25, 0.3) is 5.91 Å². The molecule has 8 heteroatoms. The lowest BCUT2D eigenvalue weighted by molar-refractivity contribution is -0.121. The lowest BCUT2D eigenvalue weighted by atomic mass is 10.0. The Morgan fingerprint density at radius 2 is 2.12 bits per heavy atom. The number of carbonyl (C=O) groups is 2. The Kier molecular flexibility index (Phi) is 6.78. The van der Waals surface area contributed by atoms with E-state index in [0.717, 1.165) is 30.2 Å². The van der Waals surface area contributed by atoms with Crippen LogP contribution >= 0.6 is 12.4 Å². The van der Waals surface area contributed by atoms with Gasteiger partial charge >= 0.3 is 0 Å². The fourth-order valence-electron chi connectivity index (χ4n) is 3.19. The van der Waals surface area contributed by atoms with Crippen molar-refractivity contribution in [2.24, 2.45) is 5.73 Å². The monoisotopic (exact) mass is 365 g/mol. The van der Waals surface area contributed by atoms with E-state index in [0.29, 0.717) is 31.7 Å². The number of piperidine rings is 1. The number of amides is 2. The molecule has 1 fully saturated rings. The highest BCUT2D eigenvalue weighted by Crippen LogP contribution is 2.22. The minimum absolute atomic E-state index is 0. The molecule has 0 radical (unpaired) electrons. The van der Waals surface area contributed by atoms with E-state index in [4.69, 9.17) is 5.73 Å². The van der Waals surface area contributed by atoms with Gasteiger partial charge in [-0.25, -0.2) is 0 Å². The van der Waals surface area contributed by atoms with Crippen molar-refractivity contribution in [3.8, 4) is 0 Å². The second-order valence-corrected chi connectivity index (χ2v) is 6.11. The molecule has 3 rings (SSSR count). The first-order chi connectivity index (χ1) is 11.7. The maximum atomic E-state index is 13.0. The summed E-state index contributed by atoms with van der Waals surface area (Å²) in [6.07, 6.45) is 3.23. The summed E-state index contributed by atoms with van der Waals surface area (Å²) in [5.41, 5.74) is 6.70. The molecule has 1 unspecified atom stereocenters. The van der Waals surface area contributed by atoms with Gasteiger partial charge in [-0.2, -0.15) is 5.10 Å². The van der Waals surface area contributed by atoms with Crippen LogP contribution in [0.15, 0.2) is 24.3 Å². The fourth-order valence-corrected chi connectivity index (χ4v) is 3.19. The third-order valence-corrected chi connectivity index (χ3v) is 4.47. The molecule has 1 aromatic carbocycles. The molecule has 1 saturated heterocycles. The smallest absolute Gasteiger partial charge is 0.275 e. The lowest BCUT2D eigenvalue weighted by Crippen LogP contribution is -2.49. The van der Waals surface area contributed by atoms with Crippen LogP contribution in [0, 0.1) is 0 Å². The number of rotatable bonds is 5. The number of benzene rings is 1. The Morgan fingerprint density at radius 3 is 2.92 bits per heavy atom. The van der Waals surface area contributed by atoms with Gasteiger partial charge in [-0.05, 0) is 25.3 Å². The number of likely N-dealkylation sites (tertiary alicyclic amines) is 1. The Morgan fingerprint density at radius 1 is 1.32 bits per heavy atom. The first kappa shape index (κ1) is 19.2. The summed E-state index contributed by atoms with van der Waals surface area (Å²) >= 11 is 0. The van der Waals surface area contributed by atoms with E-state index in [2.05, 4.69) is 15.5 Å². The number of para-hydroxylation sites is 1. The van der Waals surface area contributed by atoms with Gasteiger partial charge in [-0.3, -0.25) is 14.7 Å². The van der Waals surface area contributed by atoms with E-state index in [9.17, 15) is 9.59 Å². The van der Waals surface area contributed by atoms with Crippen LogP contribution in [0.3, 0.4) is 0 Å². The van der Waals surface area contributed by atoms with E-state index >= 15 is 0 Å². The van der Waals surface area contributed by atoms with Crippen LogP contribution in [0.2, 0.25) is 0 Å². The molecule has 2 amide bonds. The second-order valence-electron chi connectivity index (χ2n) is 6.11. The van der Waals surface area contributed by atoms with Crippen molar-refractivity contribution in [2.45, 2.75) is 31.7 Å². The lowest BCUT2D eigenvalue weighted by Gasteiger charge is -2.35. The molecule has 1 aliphatic heterocycles. The van der Waals surface area contributed by atoms with Gasteiger partial charge in [0.15, 0.2) is 5.69 Å². The van der Waals surface area contributed by atoms with Crippen LogP contribution in [-0.4, -0.2) is 52.6 Å². The molecule has 0 spiro atoms. The number of carbonyl (C=O) groups excluding carboxylic acids is 2. The molecule has 0 aliphatic carbocycles. The summed E-state index contributed by atoms with van der Waals surface area (Å²) in [5.74, 6) is -0.147. The Labute approximate surface area is 152 Å². The molecule has 1 aromatic heterocycles. The third-order valence-electron chi connectivity index (χ3n) is 4.47. The molecule has 7 nitrogen and oxygen atoms in total. The molecule has 4 N–H and O–H groups in total. The number of fused-ring (bicyclic) bond motifs is 1. The molecule has 0 saturated carbocycles. The van der Waals surface area contributed by atoms with Crippen LogP contribution in [0.1, 0.15) is 36.2 Å². The van der Waals surface area contributed by atoms with Gasteiger partial charge in [0, 0.05) is 37.5 Å². The number of nitrogens with zero attached hydrogens (tertiary/aromatic N) is 2. The molecule has 25 heavy (non-hydrogen) atoms. The van der Waals surface area contributed by atoms with Gasteiger partial charge < -0.3 is 16.0 Å². The normalized spacial score (nSPS) is 17.2. The molecule has 0 bridgehead atoms. The van der Waals surface area contributed by atoms with Gasteiger partial charge in [0.2, 0.25) is 5.91 Å². The highest BCUT2D eigenvalue weighted by atomic mass is 35.5. The number of hydrogen-bond acceptors (Lipinski definition) is 4. The minimum Gasteiger partial charge on any atom is -0.354 e. The van der Waals surface area contributed by atoms with E-state index in [1.165, 1.54) is 0 Å². The summed E-state index contributed by atoms with van der Waals surface area (Å²) < 4.78 is 0. The number of aromatic amines is 1. The van der Waals surface area contributed by atoms with Gasteiger partial charge in [0.1, 0.15) is 0 Å². The molecule has 1 aliphatic rings. The zero-order valence-corrected chi connectivity index (χ0v) is 14.8. The van der Waals surface area contributed by atoms with Crippen LogP contribution in [0.5, 0.6) is 0 Å². The first-order valence-electron chi connectivity index (χ1n) is 8.41. The summed E-state index contributed by atoms with van der Waals surface area (Å²) in [6, 6.07) is 7.61. The number of hydrogen-bond donors (Lipinski definition) is 3. The molecule has 136 valence electrons. The second kappa shape index (κ2) is 8.82. The number of nitrogens with two attached hydrogens (primary N) is 1. The van der Waals surface area contributed by atoms with Gasteiger partial charge in [-0.15, -0.1) is 12.4 Å². The van der Waals surface area contributed by atoms with Gasteiger partial charge in [-0.1, -0.05) is 18.2 Å². The topological polar surface area (TPSA) is 104 Å². The number of aromatic nitrogens is 2. The molecular weight excluding hydrogens is 342 g/mol. The summed E-state index contributed by atoms with van der Waals surface area (Å²) in [4.78, 5) is 26.5. The maximum Gasteiger partial charge on any atom is 0.275 e. The first-order valence-corrected chi connectivity index (χ1v) is 8.41. The summed E-state index contributed by atoms with van der Waals surface area (Å²) in [6.45, 7) is 1.49. The SMILES string of the molecule is Cl.NCCC(=O)NCC1CCCCN1C(=O)c1n[nH]c2ccccc12. The van der Waals surface area contributed by atoms with Crippen molar-refractivity contribution in [2.75, 3.05) is 19.6 Å². The third kappa shape index (κ3) is 4.29. The van der Waals surface area contributed by atoms with Gasteiger partial charge in [0.05, 0.1) is 5.52 Å². The van der Waals surface area contributed by atoms with Crippen LogP contribution in [-0.2, 0) is 4.79 Å². The van der Waals surface area contributed by atoms with E-state index in [1.807, 2.05) is 29.2 Å². The summed E-state index contributed by atoms with van der Waals surface area (Å²) in [5, 5.41) is 10.8. The number of nitrogens with one attached hydrogen (secondary N) is 2. The van der Waals surface area contributed by atoms with Crippen molar-refractivity contribution in [3.05, 3.63) is 30.0 Å². The standard InChI is InChI=1S/C17H23N5O2.ClH/c18-9-8-15(23)19-11-12-5-3-4-10-22(12)17(24)16-13-6-1-2-7-14(13)20-21-16;/h1-2,6-7,12H,3-5,8-11,18H2,(H,19,23)(H,20,21);1H. The van der Waals surface area contributed by atoms with Crippen molar-refractivity contribution in [1.82, 2.24) is 20.4 Å².